The minimum Gasteiger partial charge on any atom is -0.306 e. The molecule has 2 N–H and O–H groups in total. The Hall–Kier alpha value is -0.260. The molecule has 0 aliphatic carbocycles. The third-order valence-corrected chi connectivity index (χ3v) is 2.37. The van der Waals surface area contributed by atoms with E-state index in [9.17, 15) is 9.00 Å². The van der Waals surface area contributed by atoms with Gasteiger partial charge in [0.15, 0.2) is 16.9 Å². The van der Waals surface area contributed by atoms with E-state index in [2.05, 4.69) is 5.32 Å². The molecule has 0 aliphatic rings. The van der Waals surface area contributed by atoms with E-state index >= 15 is 0 Å². The molecule has 0 aliphatic heterocycles. The first-order valence-electron chi connectivity index (χ1n) is 4.71. The van der Waals surface area contributed by atoms with Crippen molar-refractivity contribution in [3.63, 3.8) is 0 Å². The van der Waals surface area contributed by atoms with Crippen molar-refractivity contribution in [2.45, 2.75) is 39.8 Å². The number of carbonyl (C=O) groups is 1. The molecule has 5 heteroatoms. The van der Waals surface area contributed by atoms with Crippen LogP contribution in [-0.2, 0) is 15.9 Å². The predicted octanol–water partition coefficient (Wildman–Crippen LogP) is 0.800. The van der Waals surface area contributed by atoms with E-state index in [-0.39, 0.29) is 23.5 Å². The molecule has 2 unspecified atom stereocenters. The molecule has 0 bridgehead atoms. The average molecular weight is 221 g/mol. The molecule has 0 fully saturated rings. The second-order valence-electron chi connectivity index (χ2n) is 3.92. The van der Waals surface area contributed by atoms with E-state index < -0.39 is 17.1 Å². The highest BCUT2D eigenvalue weighted by molar-refractivity contribution is 7.79. The van der Waals surface area contributed by atoms with Crippen LogP contribution in [0.5, 0.6) is 0 Å². The number of carbonyl (C=O) groups excluding carboxylic acids is 1. The Morgan fingerprint density at radius 2 is 1.86 bits per heavy atom. The van der Waals surface area contributed by atoms with Gasteiger partial charge in [0.1, 0.15) is 0 Å². The van der Waals surface area contributed by atoms with Crippen LogP contribution in [0.2, 0.25) is 0 Å². The Kier molecular flexibility index (Phi) is 6.15. The Balaban J connectivity index is 4.38. The summed E-state index contributed by atoms with van der Waals surface area (Å²) in [5.41, 5.74) is 0. The minimum absolute atomic E-state index is 0.0129. The highest BCUT2D eigenvalue weighted by Crippen LogP contribution is 2.02. The molecule has 0 amide bonds. The van der Waals surface area contributed by atoms with E-state index in [1.165, 1.54) is 0 Å². The van der Waals surface area contributed by atoms with Gasteiger partial charge in [-0.1, -0.05) is 27.7 Å². The summed E-state index contributed by atoms with van der Waals surface area (Å²) in [6.45, 7) is 7.39. The first-order valence-corrected chi connectivity index (χ1v) is 5.99. The van der Waals surface area contributed by atoms with Crippen LogP contribution in [0.25, 0.3) is 0 Å². The molecule has 0 aromatic carbocycles. The van der Waals surface area contributed by atoms with Crippen molar-refractivity contribution in [2.24, 2.45) is 5.92 Å². The van der Waals surface area contributed by atoms with E-state index in [4.69, 9.17) is 4.55 Å². The lowest BCUT2D eigenvalue weighted by atomic mass is 10.0. The van der Waals surface area contributed by atoms with Crippen molar-refractivity contribution in [1.29, 1.82) is 0 Å². The molecular weight excluding hydrogens is 202 g/mol. The van der Waals surface area contributed by atoms with Crippen molar-refractivity contribution in [1.82, 2.24) is 5.32 Å². The van der Waals surface area contributed by atoms with Gasteiger partial charge in [-0.25, -0.2) is 4.21 Å². The molecule has 0 heterocycles. The van der Waals surface area contributed by atoms with E-state index in [0.29, 0.717) is 0 Å². The van der Waals surface area contributed by atoms with Gasteiger partial charge >= 0.3 is 0 Å². The Bertz CT molecular complexity index is 216. The maximum absolute atomic E-state index is 11.6. The molecule has 0 saturated carbocycles. The summed E-state index contributed by atoms with van der Waals surface area (Å²) in [6, 6.07) is -0.382. The fraction of sp³-hybridized carbons (Fsp3) is 0.889. The molecule has 2 atom stereocenters. The summed E-state index contributed by atoms with van der Waals surface area (Å²) >= 11 is -1.93. The lowest BCUT2D eigenvalue weighted by molar-refractivity contribution is -0.123. The van der Waals surface area contributed by atoms with Gasteiger partial charge in [-0.2, -0.15) is 0 Å². The first-order chi connectivity index (χ1) is 6.34. The Labute approximate surface area is 87.7 Å². The number of hydrogen-bond acceptors (Lipinski definition) is 3. The van der Waals surface area contributed by atoms with Crippen LogP contribution in [0.15, 0.2) is 0 Å². The third kappa shape index (κ3) is 5.47. The fourth-order valence-electron chi connectivity index (χ4n) is 1.16. The van der Waals surface area contributed by atoms with Crippen LogP contribution in [0.3, 0.4) is 0 Å². The lowest BCUT2D eigenvalue weighted by Crippen LogP contribution is -2.46. The second-order valence-corrected chi connectivity index (χ2v) is 4.90. The highest BCUT2D eigenvalue weighted by Gasteiger charge is 2.23. The second kappa shape index (κ2) is 6.27. The molecule has 0 aromatic rings. The lowest BCUT2D eigenvalue weighted by Gasteiger charge is -2.20. The first kappa shape index (κ1) is 13.7. The maximum atomic E-state index is 11.6. The maximum Gasteiger partial charge on any atom is 0.154 e. The van der Waals surface area contributed by atoms with Crippen molar-refractivity contribution in [3.8, 4) is 0 Å². The molecule has 0 rings (SSSR count). The van der Waals surface area contributed by atoms with Gasteiger partial charge in [0.25, 0.3) is 0 Å². The van der Waals surface area contributed by atoms with E-state index in [0.717, 1.165) is 0 Å². The predicted molar refractivity (Wildman–Crippen MR) is 57.5 cm³/mol. The number of rotatable bonds is 6. The number of Topliss-reactive ketones (excluding diaryl/α,β-unsaturated/α-hetero) is 1. The smallest absolute Gasteiger partial charge is 0.154 e. The van der Waals surface area contributed by atoms with Gasteiger partial charge < -0.3 is 9.87 Å². The van der Waals surface area contributed by atoms with E-state index in [1.807, 2.05) is 13.8 Å². The zero-order valence-corrected chi connectivity index (χ0v) is 9.93. The van der Waals surface area contributed by atoms with Crippen molar-refractivity contribution in [3.05, 3.63) is 0 Å². The van der Waals surface area contributed by atoms with Gasteiger partial charge in [0, 0.05) is 12.0 Å². The summed E-state index contributed by atoms with van der Waals surface area (Å²) in [5, 5.41) is 2.99. The topological polar surface area (TPSA) is 66.4 Å². The zero-order chi connectivity index (χ0) is 11.3. The summed E-state index contributed by atoms with van der Waals surface area (Å²) in [7, 11) is 0. The Morgan fingerprint density at radius 3 is 2.14 bits per heavy atom. The van der Waals surface area contributed by atoms with Crippen LogP contribution in [0.1, 0.15) is 27.7 Å². The highest BCUT2D eigenvalue weighted by atomic mass is 32.2. The van der Waals surface area contributed by atoms with Crippen molar-refractivity contribution < 1.29 is 13.6 Å². The SMILES string of the molecule is CC(C)NC(CS(=O)O)C(=O)C(C)C. The molecule has 4 nitrogen and oxygen atoms in total. The van der Waals surface area contributed by atoms with Crippen LogP contribution in [0, 0.1) is 5.92 Å². The normalized spacial score (nSPS) is 15.9. The minimum atomic E-state index is -1.93. The molecule has 84 valence electrons. The molecule has 14 heavy (non-hydrogen) atoms. The van der Waals surface area contributed by atoms with Crippen LogP contribution < -0.4 is 5.32 Å². The summed E-state index contributed by atoms with van der Waals surface area (Å²) in [5.74, 6) is -0.161. The van der Waals surface area contributed by atoms with Crippen LogP contribution in [-0.4, -0.2) is 32.4 Å². The van der Waals surface area contributed by atoms with E-state index in [1.54, 1.807) is 13.8 Å². The summed E-state index contributed by atoms with van der Waals surface area (Å²) in [6.07, 6.45) is 0. The van der Waals surface area contributed by atoms with Crippen LogP contribution in [0.4, 0.5) is 0 Å². The Morgan fingerprint density at radius 1 is 1.36 bits per heavy atom. The standard InChI is InChI=1S/C9H19NO3S/c1-6(2)9(11)8(5-14(12)13)10-7(3)4/h6-8,10H,5H2,1-4H3,(H,12,13). The van der Waals surface area contributed by atoms with Crippen molar-refractivity contribution in [2.75, 3.05) is 5.75 Å². The number of hydrogen-bond donors (Lipinski definition) is 2. The quantitative estimate of drug-likeness (QED) is 0.651. The average Bonchev–Trinajstić information content (AvgIpc) is 1.99. The fourth-order valence-corrected chi connectivity index (χ4v) is 1.71. The zero-order valence-electron chi connectivity index (χ0n) is 9.11. The summed E-state index contributed by atoms with van der Waals surface area (Å²) < 4.78 is 19.4. The molecule has 0 spiro atoms. The van der Waals surface area contributed by atoms with Gasteiger partial charge in [0.05, 0.1) is 11.8 Å². The molecule has 0 aromatic heterocycles. The van der Waals surface area contributed by atoms with Gasteiger partial charge in [-0.05, 0) is 0 Å². The third-order valence-electron chi connectivity index (χ3n) is 1.76. The van der Waals surface area contributed by atoms with Crippen molar-refractivity contribution >= 4 is 16.9 Å². The number of ketones is 1. The molecular formula is C9H19NO3S. The van der Waals surface area contributed by atoms with Gasteiger partial charge in [0.2, 0.25) is 0 Å². The van der Waals surface area contributed by atoms with Gasteiger partial charge in [-0.15, -0.1) is 0 Å². The number of nitrogens with one attached hydrogen (secondary N) is 1. The van der Waals surface area contributed by atoms with Gasteiger partial charge in [-0.3, -0.25) is 4.79 Å². The largest absolute Gasteiger partial charge is 0.306 e. The molecule has 0 saturated heterocycles. The molecule has 0 radical (unpaired) electrons. The van der Waals surface area contributed by atoms with Crippen LogP contribution >= 0.6 is 0 Å². The monoisotopic (exact) mass is 221 g/mol. The summed E-state index contributed by atoms with van der Waals surface area (Å²) in [4.78, 5) is 11.6.